The van der Waals surface area contributed by atoms with Crippen LogP contribution in [0.5, 0.6) is 28.7 Å². The Kier molecular flexibility index (Phi) is 6.84. The molecule has 1 N–H and O–H groups in total. The molecule has 200 valence electrons. The number of hydrogen-bond donors (Lipinski definition) is 1. The monoisotopic (exact) mass is 532 g/mol. The molecule has 0 saturated carbocycles. The number of carbonyl (C=O) groups is 2. The van der Waals surface area contributed by atoms with Gasteiger partial charge in [-0.3, -0.25) is 9.59 Å². The maximum absolute atomic E-state index is 13.6. The number of aromatic hydroxyl groups is 1. The van der Waals surface area contributed by atoms with Gasteiger partial charge in [-0.1, -0.05) is 18.2 Å². The Bertz CT molecular complexity index is 1640. The van der Waals surface area contributed by atoms with Crippen LogP contribution >= 0.6 is 0 Å². The van der Waals surface area contributed by atoms with Crippen LogP contribution < -0.4 is 24.4 Å². The molecule has 39 heavy (non-hydrogen) atoms. The number of phenolic OH excluding ortho intramolecular Hbond substituents is 1. The molecule has 4 aromatic rings. The first-order chi connectivity index (χ1) is 18.8. The summed E-state index contributed by atoms with van der Waals surface area (Å²) in [7, 11) is 4.27. The first-order valence-electron chi connectivity index (χ1n) is 11.9. The van der Waals surface area contributed by atoms with Gasteiger partial charge in [0.1, 0.15) is 34.5 Å². The minimum Gasteiger partial charge on any atom is -0.507 e. The summed E-state index contributed by atoms with van der Waals surface area (Å²) in [5, 5.41) is 10.8. The predicted molar refractivity (Wildman–Crippen MR) is 139 cm³/mol. The highest BCUT2D eigenvalue weighted by Gasteiger charge is 2.33. The van der Waals surface area contributed by atoms with Gasteiger partial charge in [-0.2, -0.15) is 0 Å². The number of benzene rings is 3. The van der Waals surface area contributed by atoms with Crippen molar-refractivity contribution in [2.75, 3.05) is 27.9 Å². The van der Waals surface area contributed by atoms with Crippen molar-refractivity contribution in [3.8, 4) is 39.9 Å². The van der Waals surface area contributed by atoms with E-state index in [-0.39, 0.29) is 41.1 Å². The lowest BCUT2D eigenvalue weighted by Gasteiger charge is -2.26. The van der Waals surface area contributed by atoms with Gasteiger partial charge >= 0.3 is 11.9 Å². The zero-order chi connectivity index (χ0) is 27.7. The summed E-state index contributed by atoms with van der Waals surface area (Å²) in [5.41, 5.74) is 1.54. The number of carbonyl (C=O) groups excluding carboxylic acids is 2. The van der Waals surface area contributed by atoms with E-state index in [0.717, 1.165) is 5.56 Å². The molecule has 0 bridgehead atoms. The fourth-order valence-corrected chi connectivity index (χ4v) is 4.62. The Morgan fingerprint density at radius 3 is 2.44 bits per heavy atom. The highest BCUT2D eigenvalue weighted by atomic mass is 16.6. The van der Waals surface area contributed by atoms with Gasteiger partial charge in [0.2, 0.25) is 5.43 Å². The van der Waals surface area contributed by atoms with E-state index in [1.165, 1.54) is 33.7 Å². The van der Waals surface area contributed by atoms with E-state index in [4.69, 9.17) is 23.4 Å². The number of rotatable bonds is 7. The highest BCUT2D eigenvalue weighted by Crippen LogP contribution is 2.46. The molecule has 0 radical (unpaired) electrons. The van der Waals surface area contributed by atoms with Crippen molar-refractivity contribution in [1.29, 1.82) is 0 Å². The molecule has 0 spiro atoms. The molecule has 0 aliphatic carbocycles. The van der Waals surface area contributed by atoms with E-state index in [1.54, 1.807) is 42.5 Å². The van der Waals surface area contributed by atoms with Gasteiger partial charge in [0.25, 0.3) is 0 Å². The van der Waals surface area contributed by atoms with Crippen LogP contribution in [0.2, 0.25) is 0 Å². The molecule has 1 aliphatic heterocycles. The molecule has 1 aliphatic rings. The Hall–Kier alpha value is -4.99. The number of esters is 2. The second kappa shape index (κ2) is 10.4. The molecule has 2 heterocycles. The van der Waals surface area contributed by atoms with Crippen LogP contribution in [0.15, 0.2) is 64.0 Å². The van der Waals surface area contributed by atoms with Crippen LogP contribution in [0, 0.1) is 0 Å². The van der Waals surface area contributed by atoms with Crippen molar-refractivity contribution in [3.63, 3.8) is 0 Å². The smallest absolute Gasteiger partial charge is 0.343 e. The summed E-state index contributed by atoms with van der Waals surface area (Å²) < 4.78 is 32.0. The van der Waals surface area contributed by atoms with Gasteiger partial charge in [0.15, 0.2) is 18.1 Å². The zero-order valence-electron chi connectivity index (χ0n) is 21.3. The van der Waals surface area contributed by atoms with Crippen molar-refractivity contribution >= 4 is 22.9 Å². The molecular formula is C29H24O10. The lowest BCUT2D eigenvalue weighted by molar-refractivity contribution is -0.143. The van der Waals surface area contributed by atoms with Crippen molar-refractivity contribution in [2.24, 2.45) is 0 Å². The molecule has 0 unspecified atom stereocenters. The van der Waals surface area contributed by atoms with E-state index in [2.05, 4.69) is 4.74 Å². The SMILES string of the molecule is COC(=O)COc1ccc([C@@H]2CC(=O)Oc3cc(O)c4c(=O)c(-c5ccc(OC)c(OC)c5)coc4c32)cc1. The van der Waals surface area contributed by atoms with Gasteiger partial charge < -0.3 is 33.2 Å². The van der Waals surface area contributed by atoms with Crippen molar-refractivity contribution < 1.29 is 42.8 Å². The second-order valence-corrected chi connectivity index (χ2v) is 8.72. The van der Waals surface area contributed by atoms with Crippen molar-refractivity contribution in [3.05, 3.63) is 76.1 Å². The third kappa shape index (κ3) is 4.72. The number of hydrogen-bond acceptors (Lipinski definition) is 10. The summed E-state index contributed by atoms with van der Waals surface area (Å²) in [5.74, 6) is -0.462. The fourth-order valence-electron chi connectivity index (χ4n) is 4.62. The molecular weight excluding hydrogens is 508 g/mol. The topological polar surface area (TPSA) is 131 Å². The molecule has 1 aromatic heterocycles. The fraction of sp³-hybridized carbons (Fsp3) is 0.207. The van der Waals surface area contributed by atoms with E-state index >= 15 is 0 Å². The maximum atomic E-state index is 13.6. The maximum Gasteiger partial charge on any atom is 0.343 e. The Morgan fingerprint density at radius 1 is 1.00 bits per heavy atom. The Labute approximate surface area is 222 Å². The minimum absolute atomic E-state index is 0.0175. The molecule has 10 heteroatoms. The molecule has 0 saturated heterocycles. The molecule has 10 nitrogen and oxygen atoms in total. The third-order valence-corrected chi connectivity index (χ3v) is 6.53. The largest absolute Gasteiger partial charge is 0.507 e. The summed E-state index contributed by atoms with van der Waals surface area (Å²) in [6, 6.07) is 13.0. The summed E-state index contributed by atoms with van der Waals surface area (Å²) >= 11 is 0. The van der Waals surface area contributed by atoms with Gasteiger partial charge in [-0.05, 0) is 35.4 Å². The number of phenols is 1. The lowest BCUT2D eigenvalue weighted by atomic mass is 9.85. The van der Waals surface area contributed by atoms with Crippen molar-refractivity contribution in [2.45, 2.75) is 12.3 Å². The summed E-state index contributed by atoms with van der Waals surface area (Å²) in [4.78, 5) is 37.5. The van der Waals surface area contributed by atoms with Crippen LogP contribution in [0.3, 0.4) is 0 Å². The average Bonchev–Trinajstić information content (AvgIpc) is 2.95. The quantitative estimate of drug-likeness (QED) is 0.273. The predicted octanol–water partition coefficient (Wildman–Crippen LogP) is 4.18. The third-order valence-electron chi connectivity index (χ3n) is 6.53. The minimum atomic E-state index is -0.533. The summed E-state index contributed by atoms with van der Waals surface area (Å²) in [6.45, 7) is -0.244. The van der Waals surface area contributed by atoms with E-state index in [1.807, 2.05) is 0 Å². The summed E-state index contributed by atoms with van der Waals surface area (Å²) in [6.07, 6.45) is 1.29. The van der Waals surface area contributed by atoms with Crippen LogP contribution in [0.25, 0.3) is 22.1 Å². The van der Waals surface area contributed by atoms with Gasteiger partial charge in [-0.15, -0.1) is 0 Å². The van der Waals surface area contributed by atoms with Crippen LogP contribution in [0.1, 0.15) is 23.5 Å². The van der Waals surface area contributed by atoms with Crippen LogP contribution in [-0.4, -0.2) is 45.0 Å². The standard InChI is InChI=1S/C29H24O10/c1-34-21-9-6-16(10-22(21)35-2)19-13-38-29-26-18(15-4-7-17(8-5-15)37-14-25(32)36-3)11-24(31)39-23(26)12-20(30)27(29)28(19)33/h4-10,12-13,18,30H,11,14H2,1-3H3/t18-/m0/s1. The normalized spacial score (nSPS) is 14.3. The molecule has 5 rings (SSSR count). The lowest BCUT2D eigenvalue weighted by Crippen LogP contribution is -2.22. The van der Waals surface area contributed by atoms with Gasteiger partial charge in [0, 0.05) is 17.5 Å². The van der Waals surface area contributed by atoms with Crippen LogP contribution in [0.4, 0.5) is 0 Å². The first kappa shape index (κ1) is 25.7. The molecule has 0 amide bonds. The van der Waals surface area contributed by atoms with E-state index in [9.17, 15) is 19.5 Å². The van der Waals surface area contributed by atoms with Crippen molar-refractivity contribution in [1.82, 2.24) is 0 Å². The Balaban J connectivity index is 1.60. The number of ether oxygens (including phenoxy) is 5. The average molecular weight is 533 g/mol. The number of fused-ring (bicyclic) bond motifs is 3. The van der Waals surface area contributed by atoms with E-state index < -0.39 is 23.3 Å². The first-order valence-corrected chi connectivity index (χ1v) is 11.9. The second-order valence-electron chi connectivity index (χ2n) is 8.72. The van der Waals surface area contributed by atoms with E-state index in [0.29, 0.717) is 28.4 Å². The molecule has 1 atom stereocenters. The van der Waals surface area contributed by atoms with Gasteiger partial charge in [0.05, 0.1) is 33.3 Å². The molecule has 0 fully saturated rings. The number of methoxy groups -OCH3 is 3. The highest BCUT2D eigenvalue weighted by molar-refractivity contribution is 5.94. The van der Waals surface area contributed by atoms with Crippen LogP contribution in [-0.2, 0) is 14.3 Å². The van der Waals surface area contributed by atoms with Gasteiger partial charge in [-0.25, -0.2) is 4.79 Å². The zero-order valence-corrected chi connectivity index (χ0v) is 21.3. The Morgan fingerprint density at radius 2 is 1.74 bits per heavy atom. The molecule has 3 aromatic carbocycles.